The number of fused-ring (bicyclic) bond motifs is 1. The predicted octanol–water partition coefficient (Wildman–Crippen LogP) is 3.75. The highest BCUT2D eigenvalue weighted by Crippen LogP contribution is 2.28. The molecular weight excluding hydrogens is 313 g/mol. The maximum absolute atomic E-state index is 13.7. The quantitative estimate of drug-likeness (QED) is 0.381. The summed E-state index contributed by atoms with van der Waals surface area (Å²) in [5.41, 5.74) is -2.11. The summed E-state index contributed by atoms with van der Waals surface area (Å²) in [4.78, 5) is 12.0. The van der Waals surface area contributed by atoms with Crippen LogP contribution in [0.4, 0.5) is 22.0 Å². The van der Waals surface area contributed by atoms with Gasteiger partial charge in [0.05, 0.1) is 10.1 Å². The fraction of sp³-hybridized carbons (Fsp3) is 0. The Hall–Kier alpha value is -2.22. The molecule has 0 aliphatic rings. The van der Waals surface area contributed by atoms with E-state index < -0.39 is 40.3 Å². The Kier molecular flexibility index (Phi) is 3.05. The molecule has 0 atom stereocenters. The van der Waals surface area contributed by atoms with Crippen LogP contribution in [0.15, 0.2) is 29.1 Å². The fourth-order valence-electron chi connectivity index (χ4n) is 1.89. The Morgan fingerprint density at radius 2 is 1.33 bits per heavy atom. The van der Waals surface area contributed by atoms with Crippen molar-refractivity contribution in [3.63, 3.8) is 0 Å². The van der Waals surface area contributed by atoms with Crippen molar-refractivity contribution in [2.75, 3.05) is 0 Å². The zero-order chi connectivity index (χ0) is 15.3. The standard InChI is InChI=1S/C13H4F5NOS/c14-7-8(15)10(17)12(11(18)9(7)16)19-13(20)5-3-1-2-4-6(5)21-19/h1-4H. The third-order valence-electron chi connectivity index (χ3n) is 2.88. The summed E-state index contributed by atoms with van der Waals surface area (Å²) < 4.78 is 67.7. The second-order valence-electron chi connectivity index (χ2n) is 4.11. The zero-order valence-electron chi connectivity index (χ0n) is 9.96. The van der Waals surface area contributed by atoms with Gasteiger partial charge in [-0.1, -0.05) is 23.7 Å². The normalized spacial score (nSPS) is 11.3. The van der Waals surface area contributed by atoms with Crippen LogP contribution >= 0.6 is 11.5 Å². The van der Waals surface area contributed by atoms with Gasteiger partial charge in [-0.25, -0.2) is 25.9 Å². The number of nitrogens with zero attached hydrogens (tertiary/aromatic N) is 1. The molecule has 0 aliphatic heterocycles. The number of benzene rings is 2. The topological polar surface area (TPSA) is 22.0 Å². The number of hydrogen-bond acceptors (Lipinski definition) is 2. The van der Waals surface area contributed by atoms with E-state index in [1.165, 1.54) is 18.2 Å². The first-order chi connectivity index (χ1) is 9.93. The predicted molar refractivity (Wildman–Crippen MR) is 67.2 cm³/mol. The third-order valence-corrected chi connectivity index (χ3v) is 3.96. The maximum Gasteiger partial charge on any atom is 0.273 e. The van der Waals surface area contributed by atoms with Gasteiger partial charge in [0, 0.05) is 0 Å². The van der Waals surface area contributed by atoms with Crippen molar-refractivity contribution in [1.82, 2.24) is 3.96 Å². The summed E-state index contributed by atoms with van der Waals surface area (Å²) in [6.07, 6.45) is 0. The van der Waals surface area contributed by atoms with Gasteiger partial charge in [0.2, 0.25) is 5.82 Å². The number of hydrogen-bond donors (Lipinski definition) is 0. The lowest BCUT2D eigenvalue weighted by atomic mass is 10.2. The van der Waals surface area contributed by atoms with Crippen LogP contribution in [-0.4, -0.2) is 3.96 Å². The van der Waals surface area contributed by atoms with E-state index in [-0.39, 0.29) is 5.39 Å². The van der Waals surface area contributed by atoms with Gasteiger partial charge in [-0.2, -0.15) is 0 Å². The van der Waals surface area contributed by atoms with E-state index in [2.05, 4.69) is 0 Å². The van der Waals surface area contributed by atoms with Crippen molar-refractivity contribution >= 4 is 21.6 Å². The molecule has 3 aromatic rings. The Morgan fingerprint density at radius 3 is 1.90 bits per heavy atom. The van der Waals surface area contributed by atoms with Crippen LogP contribution in [0.1, 0.15) is 0 Å². The van der Waals surface area contributed by atoms with Gasteiger partial charge in [-0.15, -0.1) is 0 Å². The minimum absolute atomic E-state index is 0.131. The molecule has 1 aromatic heterocycles. The van der Waals surface area contributed by atoms with Crippen LogP contribution < -0.4 is 5.56 Å². The van der Waals surface area contributed by atoms with E-state index in [1.54, 1.807) is 6.07 Å². The van der Waals surface area contributed by atoms with Crippen molar-refractivity contribution in [3.05, 3.63) is 63.7 Å². The van der Waals surface area contributed by atoms with E-state index in [0.717, 1.165) is 0 Å². The molecule has 2 nitrogen and oxygen atoms in total. The van der Waals surface area contributed by atoms with Gasteiger partial charge in [-0.3, -0.25) is 4.79 Å². The average Bonchev–Trinajstić information content (AvgIpc) is 2.81. The van der Waals surface area contributed by atoms with Crippen LogP contribution in [0, 0.1) is 29.1 Å². The molecular formula is C13H4F5NOS. The SMILES string of the molecule is O=c1c2ccccc2sn1-c1c(F)c(F)c(F)c(F)c1F. The lowest BCUT2D eigenvalue weighted by molar-refractivity contribution is 0.376. The average molecular weight is 317 g/mol. The van der Waals surface area contributed by atoms with Crippen LogP contribution in [0.25, 0.3) is 15.8 Å². The van der Waals surface area contributed by atoms with Gasteiger partial charge in [0.1, 0.15) is 5.69 Å². The second kappa shape index (κ2) is 4.66. The first-order valence-corrected chi connectivity index (χ1v) is 6.33. The highest BCUT2D eigenvalue weighted by atomic mass is 32.1. The van der Waals surface area contributed by atoms with Crippen molar-refractivity contribution in [2.45, 2.75) is 0 Å². The summed E-state index contributed by atoms with van der Waals surface area (Å²) in [6, 6.07) is 6.02. The van der Waals surface area contributed by atoms with E-state index in [9.17, 15) is 26.7 Å². The molecule has 0 spiro atoms. The largest absolute Gasteiger partial charge is 0.273 e. The Labute approximate surface area is 117 Å². The van der Waals surface area contributed by atoms with Gasteiger partial charge < -0.3 is 0 Å². The highest BCUT2D eigenvalue weighted by Gasteiger charge is 2.28. The molecule has 1 heterocycles. The Balaban J connectivity index is 2.44. The molecule has 0 saturated heterocycles. The molecule has 0 radical (unpaired) electrons. The summed E-state index contributed by atoms with van der Waals surface area (Å²) >= 11 is 0.597. The monoisotopic (exact) mass is 317 g/mol. The molecule has 21 heavy (non-hydrogen) atoms. The van der Waals surface area contributed by atoms with E-state index >= 15 is 0 Å². The minimum Gasteiger partial charge on any atom is -0.267 e. The van der Waals surface area contributed by atoms with Gasteiger partial charge in [0.25, 0.3) is 5.56 Å². The first kappa shape index (κ1) is 13.7. The minimum atomic E-state index is -2.26. The smallest absolute Gasteiger partial charge is 0.267 e. The van der Waals surface area contributed by atoms with E-state index in [4.69, 9.17) is 0 Å². The Morgan fingerprint density at radius 1 is 0.810 bits per heavy atom. The molecule has 108 valence electrons. The van der Waals surface area contributed by atoms with Crippen molar-refractivity contribution in [2.24, 2.45) is 0 Å². The summed E-state index contributed by atoms with van der Waals surface area (Å²) in [7, 11) is 0. The number of rotatable bonds is 1. The lowest BCUT2D eigenvalue weighted by Crippen LogP contribution is -2.17. The van der Waals surface area contributed by atoms with Crippen LogP contribution in [0.3, 0.4) is 0 Å². The van der Waals surface area contributed by atoms with Gasteiger partial charge >= 0.3 is 0 Å². The molecule has 8 heteroatoms. The Bertz CT molecular complexity index is 901. The van der Waals surface area contributed by atoms with E-state index in [0.29, 0.717) is 20.2 Å². The van der Waals surface area contributed by atoms with Crippen molar-refractivity contribution in [1.29, 1.82) is 0 Å². The molecule has 0 saturated carbocycles. The van der Waals surface area contributed by atoms with Gasteiger partial charge in [-0.05, 0) is 12.1 Å². The zero-order valence-corrected chi connectivity index (χ0v) is 10.8. The third kappa shape index (κ3) is 1.86. The fourth-order valence-corrected chi connectivity index (χ4v) is 2.91. The second-order valence-corrected chi connectivity index (χ2v) is 5.09. The maximum atomic E-state index is 13.7. The first-order valence-electron chi connectivity index (χ1n) is 5.56. The number of aromatic nitrogens is 1. The van der Waals surface area contributed by atoms with Crippen molar-refractivity contribution < 1.29 is 22.0 Å². The van der Waals surface area contributed by atoms with Crippen molar-refractivity contribution in [3.8, 4) is 5.69 Å². The summed E-state index contributed by atoms with van der Waals surface area (Å²) in [5, 5.41) is 0.131. The molecule has 0 fully saturated rings. The number of halogens is 5. The molecule has 0 aliphatic carbocycles. The molecule has 0 N–H and O–H groups in total. The van der Waals surface area contributed by atoms with Gasteiger partial charge in [0.15, 0.2) is 23.3 Å². The molecule has 3 rings (SSSR count). The molecule has 0 amide bonds. The summed E-state index contributed by atoms with van der Waals surface area (Å²) in [5.74, 6) is -10.5. The molecule has 0 bridgehead atoms. The van der Waals surface area contributed by atoms with E-state index in [1.807, 2.05) is 0 Å². The highest BCUT2D eigenvalue weighted by molar-refractivity contribution is 7.14. The lowest BCUT2D eigenvalue weighted by Gasteiger charge is -2.07. The van der Waals surface area contributed by atoms with Crippen LogP contribution in [0.2, 0.25) is 0 Å². The van der Waals surface area contributed by atoms with Crippen LogP contribution in [0.5, 0.6) is 0 Å². The molecule has 2 aromatic carbocycles. The molecule has 0 unspecified atom stereocenters. The van der Waals surface area contributed by atoms with Crippen LogP contribution in [-0.2, 0) is 0 Å². The summed E-state index contributed by atoms with van der Waals surface area (Å²) in [6.45, 7) is 0.